The molecule has 25 heavy (non-hydrogen) atoms. The number of ether oxygens (including phenoxy) is 1. The number of aryl methyl sites for hydroxylation is 3. The van der Waals surface area contributed by atoms with E-state index in [0.717, 1.165) is 34.8 Å². The third-order valence-electron chi connectivity index (χ3n) is 4.26. The van der Waals surface area contributed by atoms with E-state index >= 15 is 0 Å². The average molecular weight is 344 g/mol. The highest BCUT2D eigenvalue weighted by Gasteiger charge is 2.16. The summed E-state index contributed by atoms with van der Waals surface area (Å²) in [5, 5.41) is 8.61. The standard InChI is InChI=1S/C17H24N6O2/c1-6-13-9-16(23-17(18-13)11(2)12(3)20-23)22(4)10-15-19-14(21-25-15)7-8-24-5/h9H,6-8,10H2,1-5H3. The van der Waals surface area contributed by atoms with Crippen molar-refractivity contribution < 1.29 is 9.26 Å². The van der Waals surface area contributed by atoms with Gasteiger partial charge in [0.15, 0.2) is 11.5 Å². The molecule has 0 spiro atoms. The van der Waals surface area contributed by atoms with Crippen LogP contribution in [0.3, 0.4) is 0 Å². The van der Waals surface area contributed by atoms with Crippen molar-refractivity contribution >= 4 is 11.5 Å². The van der Waals surface area contributed by atoms with E-state index in [-0.39, 0.29) is 0 Å². The molecule has 0 aromatic carbocycles. The Labute approximate surface area is 146 Å². The zero-order valence-electron chi connectivity index (χ0n) is 15.4. The third kappa shape index (κ3) is 3.48. The van der Waals surface area contributed by atoms with Crippen molar-refractivity contribution in [3.8, 4) is 0 Å². The van der Waals surface area contributed by atoms with E-state index in [9.17, 15) is 0 Å². The van der Waals surface area contributed by atoms with Crippen molar-refractivity contribution in [3.05, 3.63) is 34.7 Å². The van der Waals surface area contributed by atoms with Gasteiger partial charge in [-0.2, -0.15) is 14.6 Å². The fraction of sp³-hybridized carbons (Fsp3) is 0.529. The zero-order chi connectivity index (χ0) is 18.0. The largest absolute Gasteiger partial charge is 0.384 e. The Morgan fingerprint density at radius 3 is 2.80 bits per heavy atom. The maximum atomic E-state index is 5.35. The van der Waals surface area contributed by atoms with Crippen LogP contribution in [0, 0.1) is 13.8 Å². The van der Waals surface area contributed by atoms with Crippen LogP contribution in [0.2, 0.25) is 0 Å². The van der Waals surface area contributed by atoms with Crippen LogP contribution in [-0.4, -0.2) is 45.5 Å². The summed E-state index contributed by atoms with van der Waals surface area (Å²) in [4.78, 5) is 11.2. The summed E-state index contributed by atoms with van der Waals surface area (Å²) in [5.41, 5.74) is 4.01. The molecule has 0 saturated heterocycles. The van der Waals surface area contributed by atoms with E-state index in [1.165, 1.54) is 0 Å². The first-order chi connectivity index (χ1) is 12.0. The second kappa shape index (κ2) is 7.18. The van der Waals surface area contributed by atoms with Gasteiger partial charge in [-0.25, -0.2) is 4.98 Å². The van der Waals surface area contributed by atoms with Crippen LogP contribution in [0.1, 0.15) is 35.6 Å². The number of fused-ring (bicyclic) bond motifs is 1. The van der Waals surface area contributed by atoms with E-state index in [0.29, 0.717) is 31.3 Å². The molecule has 0 atom stereocenters. The third-order valence-corrected chi connectivity index (χ3v) is 4.26. The summed E-state index contributed by atoms with van der Waals surface area (Å²) in [5.74, 6) is 2.18. The lowest BCUT2D eigenvalue weighted by atomic mass is 10.2. The summed E-state index contributed by atoms with van der Waals surface area (Å²) in [6.45, 7) is 7.22. The molecule has 0 aliphatic heterocycles. The minimum absolute atomic E-state index is 0.500. The predicted molar refractivity (Wildman–Crippen MR) is 93.8 cm³/mol. The lowest BCUT2D eigenvalue weighted by molar-refractivity contribution is 0.199. The lowest BCUT2D eigenvalue weighted by Gasteiger charge is -2.18. The number of hydrogen-bond acceptors (Lipinski definition) is 7. The Bertz CT molecular complexity index is 870. The summed E-state index contributed by atoms with van der Waals surface area (Å²) < 4.78 is 12.3. The van der Waals surface area contributed by atoms with Gasteiger partial charge in [-0.1, -0.05) is 12.1 Å². The van der Waals surface area contributed by atoms with E-state index in [4.69, 9.17) is 14.2 Å². The SMILES string of the molecule is CCc1cc(N(C)Cc2nc(CCOC)no2)n2nc(C)c(C)c2n1. The molecule has 0 radical (unpaired) electrons. The second-order valence-corrected chi connectivity index (χ2v) is 6.11. The molecular formula is C17H24N6O2. The minimum atomic E-state index is 0.500. The smallest absolute Gasteiger partial charge is 0.246 e. The zero-order valence-corrected chi connectivity index (χ0v) is 15.4. The number of nitrogens with zero attached hydrogens (tertiary/aromatic N) is 6. The van der Waals surface area contributed by atoms with Crippen LogP contribution in [0.4, 0.5) is 5.82 Å². The molecule has 3 aromatic heterocycles. The van der Waals surface area contributed by atoms with E-state index < -0.39 is 0 Å². The first kappa shape index (κ1) is 17.3. The van der Waals surface area contributed by atoms with Crippen LogP contribution >= 0.6 is 0 Å². The molecule has 3 aromatic rings. The maximum absolute atomic E-state index is 5.35. The Morgan fingerprint density at radius 2 is 2.08 bits per heavy atom. The fourth-order valence-electron chi connectivity index (χ4n) is 2.65. The van der Waals surface area contributed by atoms with Crippen LogP contribution in [-0.2, 0) is 24.1 Å². The monoisotopic (exact) mass is 344 g/mol. The molecule has 3 heterocycles. The Kier molecular flexibility index (Phi) is 4.98. The van der Waals surface area contributed by atoms with Crippen LogP contribution in [0.25, 0.3) is 5.65 Å². The van der Waals surface area contributed by atoms with Crippen LogP contribution in [0.15, 0.2) is 10.6 Å². The number of rotatable bonds is 7. The molecule has 0 amide bonds. The predicted octanol–water partition coefficient (Wildman–Crippen LogP) is 2.12. The molecule has 0 bridgehead atoms. The summed E-state index contributed by atoms with van der Waals surface area (Å²) in [6, 6.07) is 2.06. The van der Waals surface area contributed by atoms with Gasteiger partial charge in [-0.05, 0) is 20.3 Å². The topological polar surface area (TPSA) is 81.6 Å². The molecule has 8 heteroatoms. The lowest BCUT2D eigenvalue weighted by Crippen LogP contribution is -2.20. The van der Waals surface area contributed by atoms with Crippen molar-refractivity contribution in [2.24, 2.45) is 0 Å². The van der Waals surface area contributed by atoms with Gasteiger partial charge in [-0.15, -0.1) is 0 Å². The van der Waals surface area contributed by atoms with Gasteiger partial charge < -0.3 is 14.2 Å². The first-order valence-electron chi connectivity index (χ1n) is 8.40. The highest BCUT2D eigenvalue weighted by molar-refractivity contribution is 5.56. The van der Waals surface area contributed by atoms with Gasteiger partial charge in [0, 0.05) is 37.9 Å². The quantitative estimate of drug-likeness (QED) is 0.649. The molecule has 134 valence electrons. The summed E-state index contributed by atoms with van der Waals surface area (Å²) in [7, 11) is 3.64. The fourth-order valence-corrected chi connectivity index (χ4v) is 2.65. The van der Waals surface area contributed by atoms with Gasteiger partial charge in [0.2, 0.25) is 5.89 Å². The van der Waals surface area contributed by atoms with Gasteiger partial charge >= 0.3 is 0 Å². The molecule has 0 unspecified atom stereocenters. The van der Waals surface area contributed by atoms with Crippen molar-refractivity contribution in [2.75, 3.05) is 25.7 Å². The molecule has 0 N–H and O–H groups in total. The highest BCUT2D eigenvalue weighted by atomic mass is 16.5. The number of methoxy groups -OCH3 is 1. The van der Waals surface area contributed by atoms with Gasteiger partial charge in [0.25, 0.3) is 0 Å². The number of hydrogen-bond donors (Lipinski definition) is 0. The average Bonchev–Trinajstić information content (AvgIpc) is 3.17. The van der Waals surface area contributed by atoms with Gasteiger partial charge in [0.05, 0.1) is 18.8 Å². The molecule has 0 aliphatic rings. The Balaban J connectivity index is 1.89. The van der Waals surface area contributed by atoms with E-state index in [2.05, 4.69) is 28.2 Å². The molecular weight excluding hydrogens is 320 g/mol. The summed E-state index contributed by atoms with van der Waals surface area (Å²) >= 11 is 0. The molecule has 0 fully saturated rings. The molecule has 3 rings (SSSR count). The van der Waals surface area contributed by atoms with Crippen LogP contribution in [0.5, 0.6) is 0 Å². The molecule has 0 aliphatic carbocycles. The molecule has 8 nitrogen and oxygen atoms in total. The van der Waals surface area contributed by atoms with E-state index in [1.54, 1.807) is 7.11 Å². The van der Waals surface area contributed by atoms with Crippen molar-refractivity contribution in [1.29, 1.82) is 0 Å². The number of aromatic nitrogens is 5. The minimum Gasteiger partial charge on any atom is -0.384 e. The normalized spacial score (nSPS) is 11.4. The van der Waals surface area contributed by atoms with Gasteiger partial charge in [0.1, 0.15) is 5.82 Å². The number of anilines is 1. The first-order valence-corrected chi connectivity index (χ1v) is 8.40. The molecule has 0 saturated carbocycles. The van der Waals surface area contributed by atoms with Crippen molar-refractivity contribution in [2.45, 2.75) is 40.2 Å². The van der Waals surface area contributed by atoms with Crippen molar-refractivity contribution in [3.63, 3.8) is 0 Å². The Morgan fingerprint density at radius 1 is 1.28 bits per heavy atom. The highest BCUT2D eigenvalue weighted by Crippen LogP contribution is 2.22. The maximum Gasteiger partial charge on any atom is 0.246 e. The Hall–Kier alpha value is -2.48. The van der Waals surface area contributed by atoms with Gasteiger partial charge in [-0.3, -0.25) is 0 Å². The summed E-state index contributed by atoms with van der Waals surface area (Å²) in [6.07, 6.45) is 1.50. The van der Waals surface area contributed by atoms with Crippen molar-refractivity contribution in [1.82, 2.24) is 24.7 Å². The van der Waals surface area contributed by atoms with Crippen LogP contribution < -0.4 is 4.90 Å². The second-order valence-electron chi connectivity index (χ2n) is 6.11. The van der Waals surface area contributed by atoms with E-state index in [1.807, 2.05) is 30.3 Å².